The first-order valence-electron chi connectivity index (χ1n) is 5.55. The molecular weight excluding hydrogens is 239 g/mol. The normalized spacial score (nSPS) is 13.8. The van der Waals surface area contributed by atoms with Crippen molar-refractivity contribution in [1.29, 1.82) is 0 Å². The summed E-state index contributed by atoms with van der Waals surface area (Å²) in [5.74, 6) is -1.04. The van der Waals surface area contributed by atoms with Gasteiger partial charge in [0.05, 0.1) is 20.1 Å². The van der Waals surface area contributed by atoms with Crippen molar-refractivity contribution in [3.05, 3.63) is 23.3 Å². The molecule has 2 unspecified atom stereocenters. The highest BCUT2D eigenvalue weighted by Crippen LogP contribution is 2.37. The van der Waals surface area contributed by atoms with Crippen molar-refractivity contribution in [3.8, 4) is 11.5 Å². The molecule has 0 saturated carbocycles. The zero-order valence-electron chi connectivity index (χ0n) is 10.9. The van der Waals surface area contributed by atoms with Crippen molar-refractivity contribution in [3.63, 3.8) is 0 Å². The minimum atomic E-state index is -1.28. The zero-order valence-corrected chi connectivity index (χ0v) is 10.9. The Morgan fingerprint density at radius 2 is 1.61 bits per heavy atom. The molecule has 0 aliphatic carbocycles. The van der Waals surface area contributed by atoms with Crippen LogP contribution in [-0.2, 0) is 4.79 Å². The van der Waals surface area contributed by atoms with Crippen molar-refractivity contribution in [2.45, 2.75) is 25.9 Å². The summed E-state index contributed by atoms with van der Waals surface area (Å²) in [6.45, 7) is 2.87. The fourth-order valence-electron chi connectivity index (χ4n) is 1.76. The number of ether oxygens (including phenoxy) is 2. The maximum Gasteiger partial charge on any atom is 0.310 e. The molecule has 0 aliphatic heterocycles. The van der Waals surface area contributed by atoms with Crippen LogP contribution in [0.2, 0.25) is 0 Å². The van der Waals surface area contributed by atoms with E-state index in [0.29, 0.717) is 22.6 Å². The van der Waals surface area contributed by atoms with Gasteiger partial charge in [-0.05, 0) is 37.1 Å². The van der Waals surface area contributed by atoms with Gasteiger partial charge in [-0.1, -0.05) is 0 Å². The number of hydrogen-bond donors (Lipinski definition) is 1. The van der Waals surface area contributed by atoms with Gasteiger partial charge in [-0.2, -0.15) is 0 Å². The zero-order chi connectivity index (χ0) is 13.9. The van der Waals surface area contributed by atoms with Gasteiger partial charge in [-0.3, -0.25) is 4.79 Å². The molecule has 0 fully saturated rings. The molecule has 0 aromatic heterocycles. The summed E-state index contributed by atoms with van der Waals surface area (Å²) in [6, 6.07) is 3.00. The molecule has 1 rings (SSSR count). The molecule has 5 heteroatoms. The highest BCUT2D eigenvalue weighted by molar-refractivity contribution is 5.76. The Morgan fingerprint density at radius 1 is 1.17 bits per heavy atom. The molecule has 4 nitrogen and oxygen atoms in total. The number of aliphatic carboxylic acids is 1. The summed E-state index contributed by atoms with van der Waals surface area (Å²) in [5, 5.41) is 9.04. The number of halogens is 1. The molecule has 1 N–H and O–H groups in total. The van der Waals surface area contributed by atoms with Crippen LogP contribution in [0.5, 0.6) is 11.5 Å². The Labute approximate surface area is 105 Å². The third-order valence-electron chi connectivity index (χ3n) is 2.85. The van der Waals surface area contributed by atoms with Crippen molar-refractivity contribution < 1.29 is 23.8 Å². The Balaban J connectivity index is 3.42. The summed E-state index contributed by atoms with van der Waals surface area (Å²) < 4.78 is 23.8. The average molecular weight is 256 g/mol. The number of carboxylic acid groups (broad SMARTS) is 1. The lowest BCUT2D eigenvalue weighted by Gasteiger charge is -2.18. The third-order valence-corrected chi connectivity index (χ3v) is 2.85. The van der Waals surface area contributed by atoms with Gasteiger partial charge in [0.2, 0.25) is 0 Å². The van der Waals surface area contributed by atoms with Gasteiger partial charge in [0.1, 0.15) is 6.17 Å². The number of carboxylic acids is 1. The summed E-state index contributed by atoms with van der Waals surface area (Å²) >= 11 is 0. The van der Waals surface area contributed by atoms with Gasteiger partial charge >= 0.3 is 5.97 Å². The van der Waals surface area contributed by atoms with Gasteiger partial charge in [0, 0.05) is 0 Å². The second-order valence-electron chi connectivity index (χ2n) is 4.01. The summed E-state index contributed by atoms with van der Waals surface area (Å²) in [5.41, 5.74) is 0.706. The molecular formula is C13H17FO4. The lowest BCUT2D eigenvalue weighted by atomic mass is 9.93. The number of carbonyl (C=O) groups is 1. The van der Waals surface area contributed by atoms with E-state index in [0.717, 1.165) is 0 Å². The van der Waals surface area contributed by atoms with Gasteiger partial charge in [0.25, 0.3) is 0 Å². The van der Waals surface area contributed by atoms with Crippen molar-refractivity contribution in [2.75, 3.05) is 14.2 Å². The minimum absolute atomic E-state index is 0.308. The third kappa shape index (κ3) is 2.72. The van der Waals surface area contributed by atoms with E-state index in [4.69, 9.17) is 14.6 Å². The highest BCUT2D eigenvalue weighted by atomic mass is 19.1. The number of rotatable bonds is 5. The minimum Gasteiger partial charge on any atom is -0.493 e. The van der Waals surface area contributed by atoms with Crippen molar-refractivity contribution in [1.82, 2.24) is 0 Å². The van der Waals surface area contributed by atoms with Crippen LogP contribution in [0.15, 0.2) is 12.1 Å². The first-order valence-corrected chi connectivity index (χ1v) is 5.55. The van der Waals surface area contributed by atoms with Crippen molar-refractivity contribution in [2.24, 2.45) is 0 Å². The van der Waals surface area contributed by atoms with Crippen LogP contribution >= 0.6 is 0 Å². The van der Waals surface area contributed by atoms with Gasteiger partial charge in [0.15, 0.2) is 11.5 Å². The fraction of sp³-hybridized carbons (Fsp3) is 0.462. The molecule has 18 heavy (non-hydrogen) atoms. The maximum atomic E-state index is 13.6. The van der Waals surface area contributed by atoms with E-state index in [1.54, 1.807) is 0 Å². The summed E-state index contributed by atoms with van der Waals surface area (Å²) in [6.07, 6.45) is -1.28. The largest absolute Gasteiger partial charge is 0.493 e. The van der Waals surface area contributed by atoms with E-state index >= 15 is 0 Å². The first-order chi connectivity index (χ1) is 8.42. The number of methoxy groups -OCH3 is 2. The maximum absolute atomic E-state index is 13.6. The summed E-state index contributed by atoms with van der Waals surface area (Å²) in [7, 11) is 2.90. The smallest absolute Gasteiger partial charge is 0.310 e. The van der Waals surface area contributed by atoms with Crippen LogP contribution in [0.4, 0.5) is 4.39 Å². The van der Waals surface area contributed by atoms with Gasteiger partial charge < -0.3 is 14.6 Å². The first kappa shape index (κ1) is 14.3. The SMILES string of the molecule is COc1cc(C(C)F)c(C(C)C(=O)O)cc1OC. The second-order valence-corrected chi connectivity index (χ2v) is 4.01. The number of alkyl halides is 1. The number of hydrogen-bond acceptors (Lipinski definition) is 3. The predicted molar refractivity (Wildman–Crippen MR) is 65.1 cm³/mol. The fourth-order valence-corrected chi connectivity index (χ4v) is 1.76. The molecule has 1 aromatic rings. The Kier molecular flexibility index (Phi) is 4.53. The van der Waals surface area contributed by atoms with Crippen LogP contribution in [-0.4, -0.2) is 25.3 Å². The Bertz CT molecular complexity index is 443. The average Bonchev–Trinajstić information content (AvgIpc) is 2.35. The van der Waals surface area contributed by atoms with E-state index in [2.05, 4.69) is 0 Å². The second kappa shape index (κ2) is 5.71. The number of benzene rings is 1. The molecule has 0 aliphatic rings. The lowest BCUT2D eigenvalue weighted by Crippen LogP contribution is -2.11. The van der Waals surface area contributed by atoms with Crippen LogP contribution in [0.25, 0.3) is 0 Å². The molecule has 1 aromatic carbocycles. The predicted octanol–water partition coefficient (Wildman–Crippen LogP) is 2.92. The Morgan fingerprint density at radius 3 is 1.94 bits per heavy atom. The topological polar surface area (TPSA) is 55.8 Å². The molecule has 0 bridgehead atoms. The summed E-state index contributed by atoms with van der Waals surface area (Å²) in [4.78, 5) is 11.0. The van der Waals surface area contributed by atoms with Crippen molar-refractivity contribution >= 4 is 5.97 Å². The molecule has 0 heterocycles. The van der Waals surface area contributed by atoms with E-state index in [9.17, 15) is 9.18 Å². The molecule has 100 valence electrons. The van der Waals surface area contributed by atoms with Crippen LogP contribution < -0.4 is 9.47 Å². The molecule has 2 atom stereocenters. The van der Waals surface area contributed by atoms with Crippen LogP contribution in [0.3, 0.4) is 0 Å². The molecule has 0 radical (unpaired) electrons. The molecule has 0 amide bonds. The van der Waals surface area contributed by atoms with E-state index in [1.807, 2.05) is 0 Å². The van der Waals surface area contributed by atoms with E-state index in [1.165, 1.54) is 40.2 Å². The quantitative estimate of drug-likeness (QED) is 0.880. The monoisotopic (exact) mass is 256 g/mol. The Hall–Kier alpha value is -1.78. The molecule has 0 saturated heterocycles. The molecule has 0 spiro atoms. The standard InChI is InChI=1S/C13H17FO4/c1-7(13(15)16)9-5-11(17-3)12(18-4)6-10(9)8(2)14/h5-8H,1-4H3,(H,15,16). The highest BCUT2D eigenvalue weighted by Gasteiger charge is 2.23. The van der Waals surface area contributed by atoms with E-state index in [-0.39, 0.29) is 0 Å². The van der Waals surface area contributed by atoms with Crippen LogP contribution in [0.1, 0.15) is 37.1 Å². The van der Waals surface area contributed by atoms with E-state index < -0.39 is 18.1 Å². The lowest BCUT2D eigenvalue weighted by molar-refractivity contribution is -0.138. The van der Waals surface area contributed by atoms with Gasteiger partial charge in [-0.15, -0.1) is 0 Å². The van der Waals surface area contributed by atoms with Gasteiger partial charge in [-0.25, -0.2) is 4.39 Å². The van der Waals surface area contributed by atoms with Crippen LogP contribution in [0, 0.1) is 0 Å².